The van der Waals surface area contributed by atoms with Crippen LogP contribution in [-0.4, -0.2) is 60.4 Å². The molecule has 4 rings (SSSR count). The lowest BCUT2D eigenvalue weighted by Gasteiger charge is -2.46. The highest BCUT2D eigenvalue weighted by Crippen LogP contribution is 2.34. The Morgan fingerprint density at radius 3 is 2.67 bits per heavy atom. The van der Waals surface area contributed by atoms with Crippen molar-refractivity contribution in [2.24, 2.45) is 0 Å². The summed E-state index contributed by atoms with van der Waals surface area (Å²) in [6.07, 6.45) is 0.896. The fraction of sp³-hybridized carbons (Fsp3) is 0.412. The monoisotopic (exact) mass is 361 g/mol. The van der Waals surface area contributed by atoms with Crippen molar-refractivity contribution in [1.82, 2.24) is 9.80 Å². The summed E-state index contributed by atoms with van der Waals surface area (Å²) in [5.74, 6) is 0.227. The van der Waals surface area contributed by atoms with Crippen molar-refractivity contribution in [2.75, 3.05) is 38.1 Å². The van der Waals surface area contributed by atoms with Crippen molar-refractivity contribution in [2.45, 2.75) is 12.0 Å². The first-order valence-electron chi connectivity index (χ1n) is 7.94. The van der Waals surface area contributed by atoms with E-state index in [1.165, 1.54) is 0 Å². The maximum atomic E-state index is 12.7. The summed E-state index contributed by atoms with van der Waals surface area (Å²) in [7, 11) is 2.00. The average Bonchev–Trinajstić information content (AvgIpc) is 3.32. The highest BCUT2D eigenvalue weighted by atomic mass is 32.1. The number of hydrogen-bond acceptors (Lipinski definition) is 5. The van der Waals surface area contributed by atoms with Crippen molar-refractivity contribution in [1.29, 1.82) is 0 Å². The Morgan fingerprint density at radius 2 is 1.96 bits per heavy atom. The van der Waals surface area contributed by atoms with Crippen molar-refractivity contribution in [3.8, 4) is 0 Å². The molecule has 126 valence electrons. The van der Waals surface area contributed by atoms with Crippen LogP contribution < -0.4 is 4.90 Å². The molecule has 24 heavy (non-hydrogen) atoms. The third kappa shape index (κ3) is 2.56. The van der Waals surface area contributed by atoms with Gasteiger partial charge in [0.15, 0.2) is 0 Å². The van der Waals surface area contributed by atoms with Gasteiger partial charge in [-0.05, 0) is 36.4 Å². The zero-order valence-electron chi connectivity index (χ0n) is 13.5. The molecule has 2 amide bonds. The van der Waals surface area contributed by atoms with Gasteiger partial charge in [0.05, 0.1) is 23.3 Å². The summed E-state index contributed by atoms with van der Waals surface area (Å²) < 4.78 is 0. The van der Waals surface area contributed by atoms with E-state index in [2.05, 4.69) is 4.90 Å². The van der Waals surface area contributed by atoms with Crippen molar-refractivity contribution >= 4 is 40.2 Å². The molecule has 1 spiro atoms. The van der Waals surface area contributed by atoms with Gasteiger partial charge in [-0.3, -0.25) is 14.5 Å². The lowest BCUT2D eigenvalue weighted by atomic mass is 9.93. The Balaban J connectivity index is 1.56. The standard InChI is InChI=1S/C17H19N3O2S2/c1-18-8-15(21)20(14-3-7-24-10-14)12-17(18)4-5-19(11-17)16(22)13-2-6-23-9-13/h2-3,6-7,9-10H,4-5,8,11-12H2,1H3. The molecule has 2 aromatic heterocycles. The van der Waals surface area contributed by atoms with Gasteiger partial charge in [-0.25, -0.2) is 0 Å². The molecule has 0 aromatic carbocycles. The molecule has 2 aromatic rings. The topological polar surface area (TPSA) is 43.9 Å². The number of piperazine rings is 1. The minimum absolute atomic E-state index is 0.0977. The van der Waals surface area contributed by atoms with Gasteiger partial charge in [0, 0.05) is 30.4 Å². The number of rotatable bonds is 2. The number of likely N-dealkylation sites (tertiary alicyclic amines) is 1. The highest BCUT2D eigenvalue weighted by Gasteiger charge is 2.48. The van der Waals surface area contributed by atoms with Crippen LogP contribution in [0.25, 0.3) is 0 Å². The SMILES string of the molecule is CN1CC(=O)N(c2ccsc2)CC12CCN(C(=O)c1ccsc1)C2. The molecule has 0 N–H and O–H groups in total. The van der Waals surface area contributed by atoms with Crippen LogP contribution in [0.2, 0.25) is 0 Å². The minimum atomic E-state index is -0.151. The maximum absolute atomic E-state index is 12.7. The molecule has 2 aliphatic heterocycles. The molecule has 1 atom stereocenters. The van der Waals surface area contributed by atoms with Crippen LogP contribution in [0, 0.1) is 0 Å². The van der Waals surface area contributed by atoms with Crippen LogP contribution in [-0.2, 0) is 4.79 Å². The van der Waals surface area contributed by atoms with E-state index >= 15 is 0 Å². The second kappa shape index (κ2) is 5.98. The van der Waals surface area contributed by atoms with E-state index in [0.717, 1.165) is 24.2 Å². The second-order valence-electron chi connectivity index (χ2n) is 6.53. The third-order valence-corrected chi connectivity index (χ3v) is 6.50. The summed E-state index contributed by atoms with van der Waals surface area (Å²) in [6, 6.07) is 3.87. The molecular formula is C17H19N3O2S2. The smallest absolute Gasteiger partial charge is 0.254 e. The fourth-order valence-electron chi connectivity index (χ4n) is 3.64. The molecule has 2 fully saturated rings. The fourth-order valence-corrected chi connectivity index (χ4v) is 4.92. The summed E-state index contributed by atoms with van der Waals surface area (Å²) >= 11 is 3.14. The number of likely N-dealkylation sites (N-methyl/N-ethyl adjacent to an activating group) is 1. The van der Waals surface area contributed by atoms with Gasteiger partial charge in [0.2, 0.25) is 5.91 Å². The van der Waals surface area contributed by atoms with E-state index < -0.39 is 0 Å². The number of hydrogen-bond donors (Lipinski definition) is 0. The molecule has 2 saturated heterocycles. The van der Waals surface area contributed by atoms with Crippen LogP contribution in [0.15, 0.2) is 33.7 Å². The molecular weight excluding hydrogens is 342 g/mol. The molecule has 0 aliphatic carbocycles. The van der Waals surface area contributed by atoms with Gasteiger partial charge >= 0.3 is 0 Å². The van der Waals surface area contributed by atoms with E-state index in [1.807, 2.05) is 50.5 Å². The molecule has 0 bridgehead atoms. The first-order valence-corrected chi connectivity index (χ1v) is 9.83. The lowest BCUT2D eigenvalue weighted by Crippen LogP contribution is -2.64. The maximum Gasteiger partial charge on any atom is 0.254 e. The summed E-state index contributed by atoms with van der Waals surface area (Å²) in [6.45, 7) is 2.46. The number of carbonyl (C=O) groups excluding carboxylic acids is 2. The number of thiophene rings is 2. The number of nitrogens with zero attached hydrogens (tertiary/aromatic N) is 3. The predicted octanol–water partition coefficient (Wildman–Crippen LogP) is 2.37. The van der Waals surface area contributed by atoms with Gasteiger partial charge in [0.1, 0.15) is 0 Å². The normalized spacial score (nSPS) is 25.0. The van der Waals surface area contributed by atoms with Gasteiger partial charge in [-0.1, -0.05) is 0 Å². The lowest BCUT2D eigenvalue weighted by molar-refractivity contribution is -0.123. The molecule has 0 radical (unpaired) electrons. The molecule has 4 heterocycles. The molecule has 2 aliphatic rings. The summed E-state index contributed by atoms with van der Waals surface area (Å²) in [5.41, 5.74) is 1.59. The zero-order chi connectivity index (χ0) is 16.7. The summed E-state index contributed by atoms with van der Waals surface area (Å²) in [5, 5.41) is 7.84. The van der Waals surface area contributed by atoms with E-state index in [4.69, 9.17) is 0 Å². The van der Waals surface area contributed by atoms with Crippen LogP contribution in [0.4, 0.5) is 5.69 Å². The minimum Gasteiger partial charge on any atom is -0.337 e. The van der Waals surface area contributed by atoms with Crippen molar-refractivity contribution in [3.05, 3.63) is 39.2 Å². The first-order chi connectivity index (χ1) is 11.6. The molecule has 7 heteroatoms. The van der Waals surface area contributed by atoms with Crippen LogP contribution in [0.3, 0.4) is 0 Å². The van der Waals surface area contributed by atoms with Crippen molar-refractivity contribution < 1.29 is 9.59 Å². The van der Waals surface area contributed by atoms with E-state index in [9.17, 15) is 9.59 Å². The largest absolute Gasteiger partial charge is 0.337 e. The van der Waals surface area contributed by atoms with Gasteiger partial charge in [-0.15, -0.1) is 0 Å². The number of amides is 2. The number of carbonyl (C=O) groups is 2. The van der Waals surface area contributed by atoms with Crippen LogP contribution in [0.1, 0.15) is 16.8 Å². The second-order valence-corrected chi connectivity index (χ2v) is 8.09. The average molecular weight is 361 g/mol. The Morgan fingerprint density at radius 1 is 1.17 bits per heavy atom. The van der Waals surface area contributed by atoms with Crippen molar-refractivity contribution in [3.63, 3.8) is 0 Å². The number of anilines is 1. The first kappa shape index (κ1) is 15.8. The van der Waals surface area contributed by atoms with E-state index in [1.54, 1.807) is 22.7 Å². The highest BCUT2D eigenvalue weighted by molar-refractivity contribution is 7.08. The Kier molecular flexibility index (Phi) is 3.94. The zero-order valence-corrected chi connectivity index (χ0v) is 15.1. The quantitative estimate of drug-likeness (QED) is 0.825. The molecule has 5 nitrogen and oxygen atoms in total. The van der Waals surface area contributed by atoms with Gasteiger partial charge < -0.3 is 9.80 Å². The van der Waals surface area contributed by atoms with Gasteiger partial charge in [-0.2, -0.15) is 22.7 Å². The Labute approximate surface area is 149 Å². The van der Waals surface area contributed by atoms with E-state index in [-0.39, 0.29) is 17.4 Å². The Hall–Kier alpha value is -1.70. The predicted molar refractivity (Wildman–Crippen MR) is 96.9 cm³/mol. The summed E-state index contributed by atoms with van der Waals surface area (Å²) in [4.78, 5) is 31.1. The van der Waals surface area contributed by atoms with E-state index in [0.29, 0.717) is 19.6 Å². The third-order valence-electron chi connectivity index (χ3n) is 5.14. The molecule has 0 saturated carbocycles. The Bertz CT molecular complexity index is 744. The van der Waals surface area contributed by atoms with Gasteiger partial charge in [0.25, 0.3) is 5.91 Å². The van der Waals surface area contributed by atoms with Crippen LogP contribution >= 0.6 is 22.7 Å². The molecule has 1 unspecified atom stereocenters. The van der Waals surface area contributed by atoms with Crippen LogP contribution in [0.5, 0.6) is 0 Å².